The van der Waals surface area contributed by atoms with Crippen molar-refractivity contribution in [1.82, 2.24) is 24.6 Å². The van der Waals surface area contributed by atoms with Crippen LogP contribution in [0.1, 0.15) is 21.5 Å². The number of amides is 1. The Balaban J connectivity index is 1.40. The number of rotatable bonds is 6. The molecule has 5 rings (SSSR count). The average molecular weight is 434 g/mol. The lowest BCUT2D eigenvalue weighted by molar-refractivity contribution is 0.0787. The Kier molecular flexibility index (Phi) is 5.64. The molecule has 2 aromatic carbocycles. The van der Waals surface area contributed by atoms with Gasteiger partial charge in [-0.25, -0.2) is 4.98 Å². The molecular weight excluding hydrogens is 410 g/mol. The second-order valence-electron chi connectivity index (χ2n) is 8.00. The van der Waals surface area contributed by atoms with E-state index in [0.29, 0.717) is 18.7 Å². The van der Waals surface area contributed by atoms with Crippen molar-refractivity contribution in [3.8, 4) is 11.3 Å². The molecular formula is C27H23N5O. The predicted octanol–water partition coefficient (Wildman–Crippen LogP) is 4.81. The van der Waals surface area contributed by atoms with E-state index in [1.54, 1.807) is 17.3 Å². The fourth-order valence-electron chi connectivity index (χ4n) is 3.92. The van der Waals surface area contributed by atoms with E-state index in [1.807, 2.05) is 84.8 Å². The van der Waals surface area contributed by atoms with Gasteiger partial charge in [0, 0.05) is 48.7 Å². The number of para-hydroxylation sites is 1. The molecule has 33 heavy (non-hydrogen) atoms. The first-order valence-corrected chi connectivity index (χ1v) is 10.8. The van der Waals surface area contributed by atoms with E-state index in [2.05, 4.69) is 22.2 Å². The van der Waals surface area contributed by atoms with Gasteiger partial charge in [0.05, 0.1) is 29.5 Å². The summed E-state index contributed by atoms with van der Waals surface area (Å²) in [5.74, 6) is -0.0558. The van der Waals surface area contributed by atoms with E-state index in [1.165, 1.54) is 5.56 Å². The van der Waals surface area contributed by atoms with Crippen molar-refractivity contribution < 1.29 is 4.79 Å². The van der Waals surface area contributed by atoms with E-state index in [4.69, 9.17) is 4.98 Å². The normalized spacial score (nSPS) is 10.9. The smallest absolute Gasteiger partial charge is 0.254 e. The maximum absolute atomic E-state index is 13.5. The maximum Gasteiger partial charge on any atom is 0.254 e. The number of hydrogen-bond acceptors (Lipinski definition) is 4. The van der Waals surface area contributed by atoms with Crippen molar-refractivity contribution in [2.24, 2.45) is 0 Å². The van der Waals surface area contributed by atoms with Crippen LogP contribution >= 0.6 is 0 Å². The predicted molar refractivity (Wildman–Crippen MR) is 129 cm³/mol. The minimum atomic E-state index is -0.0558. The molecule has 0 bridgehead atoms. The van der Waals surface area contributed by atoms with Crippen LogP contribution < -0.4 is 0 Å². The highest BCUT2D eigenvalue weighted by Crippen LogP contribution is 2.25. The zero-order valence-corrected chi connectivity index (χ0v) is 18.3. The second-order valence-corrected chi connectivity index (χ2v) is 8.00. The van der Waals surface area contributed by atoms with Crippen molar-refractivity contribution in [2.75, 3.05) is 7.05 Å². The lowest BCUT2D eigenvalue weighted by Crippen LogP contribution is -2.26. The number of carbonyl (C=O) groups excluding carboxylic acids is 1. The molecule has 0 radical (unpaired) electrons. The van der Waals surface area contributed by atoms with Gasteiger partial charge in [-0.1, -0.05) is 48.5 Å². The quantitative estimate of drug-likeness (QED) is 0.385. The third-order valence-electron chi connectivity index (χ3n) is 5.56. The Labute approximate surface area is 192 Å². The van der Waals surface area contributed by atoms with Crippen LogP contribution in [0.3, 0.4) is 0 Å². The first-order chi connectivity index (χ1) is 16.2. The van der Waals surface area contributed by atoms with Crippen LogP contribution in [0.4, 0.5) is 0 Å². The number of benzene rings is 2. The van der Waals surface area contributed by atoms with Crippen LogP contribution in [-0.4, -0.2) is 37.6 Å². The van der Waals surface area contributed by atoms with E-state index < -0.39 is 0 Å². The highest BCUT2D eigenvalue weighted by atomic mass is 16.2. The molecule has 0 aliphatic carbocycles. The molecule has 0 saturated heterocycles. The third kappa shape index (κ3) is 4.50. The van der Waals surface area contributed by atoms with Gasteiger partial charge < -0.3 is 4.90 Å². The number of aromatic nitrogens is 4. The van der Waals surface area contributed by atoms with Gasteiger partial charge in [0.15, 0.2) is 0 Å². The largest absolute Gasteiger partial charge is 0.337 e. The summed E-state index contributed by atoms with van der Waals surface area (Å²) in [6, 6.07) is 23.6. The molecule has 0 fully saturated rings. The monoisotopic (exact) mass is 433 g/mol. The second kappa shape index (κ2) is 9.04. The molecule has 3 heterocycles. The number of pyridine rings is 2. The summed E-state index contributed by atoms with van der Waals surface area (Å²) in [6.07, 6.45) is 7.27. The van der Waals surface area contributed by atoms with Crippen molar-refractivity contribution in [1.29, 1.82) is 0 Å². The highest BCUT2D eigenvalue weighted by Gasteiger charge is 2.18. The first kappa shape index (κ1) is 20.6. The summed E-state index contributed by atoms with van der Waals surface area (Å²) in [6.45, 7) is 1.16. The molecule has 3 aromatic heterocycles. The number of nitrogens with zero attached hydrogens (tertiary/aromatic N) is 5. The number of carbonyl (C=O) groups is 1. The molecule has 1 amide bonds. The molecule has 0 atom stereocenters. The maximum atomic E-state index is 13.5. The SMILES string of the molecule is CN(Cc1cnn(Cc2ccccc2)c1)C(=O)c1cc(-c2ccncc2)nc2ccccc12. The van der Waals surface area contributed by atoms with Gasteiger partial charge in [0.2, 0.25) is 0 Å². The van der Waals surface area contributed by atoms with Crippen LogP contribution in [0.25, 0.3) is 22.2 Å². The van der Waals surface area contributed by atoms with Gasteiger partial charge >= 0.3 is 0 Å². The molecule has 0 saturated carbocycles. The average Bonchev–Trinajstić information content (AvgIpc) is 3.30. The Morgan fingerprint density at radius 3 is 2.52 bits per heavy atom. The lowest BCUT2D eigenvalue weighted by Gasteiger charge is -2.18. The zero-order chi connectivity index (χ0) is 22.6. The highest BCUT2D eigenvalue weighted by molar-refractivity contribution is 6.07. The van der Waals surface area contributed by atoms with E-state index in [0.717, 1.165) is 27.7 Å². The van der Waals surface area contributed by atoms with Crippen molar-refractivity contribution in [2.45, 2.75) is 13.1 Å². The van der Waals surface area contributed by atoms with Gasteiger partial charge in [-0.05, 0) is 29.8 Å². The fourth-order valence-corrected chi connectivity index (χ4v) is 3.92. The number of fused-ring (bicyclic) bond motifs is 1. The summed E-state index contributed by atoms with van der Waals surface area (Å²) >= 11 is 0. The van der Waals surface area contributed by atoms with Crippen molar-refractivity contribution >= 4 is 16.8 Å². The molecule has 162 valence electrons. The molecule has 0 unspecified atom stereocenters. The summed E-state index contributed by atoms with van der Waals surface area (Å²) in [4.78, 5) is 24.1. The minimum Gasteiger partial charge on any atom is -0.337 e. The van der Waals surface area contributed by atoms with Crippen molar-refractivity contribution in [3.05, 3.63) is 114 Å². The van der Waals surface area contributed by atoms with Gasteiger partial charge in [-0.3, -0.25) is 14.5 Å². The van der Waals surface area contributed by atoms with Gasteiger partial charge in [-0.15, -0.1) is 0 Å². The van der Waals surface area contributed by atoms with Crippen molar-refractivity contribution in [3.63, 3.8) is 0 Å². The van der Waals surface area contributed by atoms with Gasteiger partial charge in [-0.2, -0.15) is 5.10 Å². The fraction of sp³-hybridized carbons (Fsp3) is 0.111. The molecule has 5 aromatic rings. The Morgan fingerprint density at radius 2 is 1.70 bits per heavy atom. The Hall–Kier alpha value is -4.32. The zero-order valence-electron chi connectivity index (χ0n) is 18.3. The molecule has 6 nitrogen and oxygen atoms in total. The Morgan fingerprint density at radius 1 is 0.939 bits per heavy atom. The van der Waals surface area contributed by atoms with Gasteiger partial charge in [0.1, 0.15) is 0 Å². The summed E-state index contributed by atoms with van der Waals surface area (Å²) in [5, 5.41) is 5.30. The molecule has 0 aliphatic rings. The van der Waals surface area contributed by atoms with Gasteiger partial charge in [0.25, 0.3) is 5.91 Å². The summed E-state index contributed by atoms with van der Waals surface area (Å²) < 4.78 is 1.90. The van der Waals surface area contributed by atoms with Crippen LogP contribution in [0, 0.1) is 0 Å². The summed E-state index contributed by atoms with van der Waals surface area (Å²) in [7, 11) is 1.82. The number of hydrogen-bond donors (Lipinski definition) is 0. The molecule has 0 spiro atoms. The van der Waals surface area contributed by atoms with E-state index in [-0.39, 0.29) is 5.91 Å². The van der Waals surface area contributed by atoms with Crippen LogP contribution in [0.15, 0.2) is 97.6 Å². The lowest BCUT2D eigenvalue weighted by atomic mass is 10.0. The van der Waals surface area contributed by atoms with Crippen LogP contribution in [0.2, 0.25) is 0 Å². The van der Waals surface area contributed by atoms with E-state index >= 15 is 0 Å². The first-order valence-electron chi connectivity index (χ1n) is 10.8. The third-order valence-corrected chi connectivity index (χ3v) is 5.56. The van der Waals surface area contributed by atoms with Crippen LogP contribution in [-0.2, 0) is 13.1 Å². The standard InChI is InChI=1S/C27H23N5O/c1-31(17-21-16-29-32(19-21)18-20-7-3-2-4-8-20)27(33)24-15-26(22-11-13-28-14-12-22)30-25-10-6-5-9-23(24)25/h2-16,19H,17-18H2,1H3. The topological polar surface area (TPSA) is 63.9 Å². The molecule has 0 aliphatic heterocycles. The van der Waals surface area contributed by atoms with Crippen LogP contribution in [0.5, 0.6) is 0 Å². The van der Waals surface area contributed by atoms with E-state index in [9.17, 15) is 4.79 Å². The molecule has 0 N–H and O–H groups in total. The Bertz CT molecular complexity index is 1400. The molecule has 6 heteroatoms. The summed E-state index contributed by atoms with van der Waals surface area (Å²) in [5.41, 5.74) is 5.27. The minimum absolute atomic E-state index is 0.0558.